The van der Waals surface area contributed by atoms with Gasteiger partial charge in [-0.25, -0.2) is 0 Å². The van der Waals surface area contributed by atoms with Gasteiger partial charge in [-0.2, -0.15) is 0 Å². The number of halogens is 1. The minimum atomic E-state index is 0.309. The van der Waals surface area contributed by atoms with Crippen molar-refractivity contribution < 1.29 is 0 Å². The van der Waals surface area contributed by atoms with Gasteiger partial charge in [-0.15, -0.1) is 0 Å². The van der Waals surface area contributed by atoms with Crippen molar-refractivity contribution in [2.24, 2.45) is 5.92 Å². The smallest absolute Gasteiger partial charge is 0.0227 e. The summed E-state index contributed by atoms with van der Waals surface area (Å²) in [6, 6.07) is 0. The normalized spacial score (nSPS) is 13.5. The standard InChI is InChI=1S/C21H43Br/c1-5-6-7-8-9-10-11-12-13-14-15-16-17-18-19-20(2)21(3,4)22/h20H,5-19H2,1-4H3. The van der Waals surface area contributed by atoms with E-state index in [-0.39, 0.29) is 0 Å². The molecular weight excluding hydrogens is 332 g/mol. The van der Waals surface area contributed by atoms with Crippen LogP contribution in [-0.2, 0) is 0 Å². The van der Waals surface area contributed by atoms with Crippen LogP contribution in [0.2, 0.25) is 0 Å². The van der Waals surface area contributed by atoms with Crippen molar-refractivity contribution in [3.8, 4) is 0 Å². The Morgan fingerprint density at radius 1 is 0.636 bits per heavy atom. The molecule has 0 nitrogen and oxygen atoms in total. The molecule has 0 aliphatic heterocycles. The summed E-state index contributed by atoms with van der Waals surface area (Å²) in [5.41, 5.74) is 0. The third kappa shape index (κ3) is 15.4. The van der Waals surface area contributed by atoms with Crippen LogP contribution in [0.5, 0.6) is 0 Å². The molecule has 0 aromatic rings. The van der Waals surface area contributed by atoms with Crippen LogP contribution in [0.15, 0.2) is 0 Å². The second kappa shape index (κ2) is 15.0. The van der Waals surface area contributed by atoms with Crippen LogP contribution in [0, 0.1) is 5.92 Å². The van der Waals surface area contributed by atoms with Crippen molar-refractivity contribution in [3.63, 3.8) is 0 Å². The Morgan fingerprint density at radius 3 is 1.27 bits per heavy atom. The molecule has 0 aliphatic rings. The number of alkyl halides is 1. The highest BCUT2D eigenvalue weighted by molar-refractivity contribution is 9.10. The van der Waals surface area contributed by atoms with Gasteiger partial charge in [0, 0.05) is 4.32 Å². The maximum Gasteiger partial charge on any atom is 0.0227 e. The van der Waals surface area contributed by atoms with E-state index in [1.54, 1.807) is 0 Å². The molecule has 1 heteroatoms. The van der Waals surface area contributed by atoms with E-state index in [1.807, 2.05) is 0 Å². The summed E-state index contributed by atoms with van der Waals surface area (Å²) in [6.45, 7) is 9.25. The third-order valence-electron chi connectivity index (χ3n) is 5.16. The van der Waals surface area contributed by atoms with Crippen LogP contribution < -0.4 is 0 Å². The van der Waals surface area contributed by atoms with Gasteiger partial charge in [0.15, 0.2) is 0 Å². The van der Waals surface area contributed by atoms with E-state index >= 15 is 0 Å². The topological polar surface area (TPSA) is 0 Å². The third-order valence-corrected chi connectivity index (χ3v) is 5.94. The molecule has 0 rings (SSSR count). The predicted octanol–water partition coefficient (Wildman–Crippen LogP) is 8.67. The van der Waals surface area contributed by atoms with Gasteiger partial charge in [-0.1, -0.05) is 120 Å². The highest BCUT2D eigenvalue weighted by atomic mass is 79.9. The summed E-state index contributed by atoms with van der Waals surface area (Å²) in [5, 5.41) is 0. The predicted molar refractivity (Wildman–Crippen MR) is 107 cm³/mol. The molecule has 1 unspecified atom stereocenters. The molecule has 0 aliphatic carbocycles. The summed E-state index contributed by atoms with van der Waals surface area (Å²) in [7, 11) is 0. The summed E-state index contributed by atoms with van der Waals surface area (Å²) in [6.07, 6.45) is 21.7. The van der Waals surface area contributed by atoms with Crippen LogP contribution in [0.1, 0.15) is 124 Å². The zero-order valence-electron chi connectivity index (χ0n) is 16.1. The molecule has 0 aromatic heterocycles. The van der Waals surface area contributed by atoms with Crippen molar-refractivity contribution in [2.75, 3.05) is 0 Å². The molecule has 0 radical (unpaired) electrons. The van der Waals surface area contributed by atoms with E-state index in [1.165, 1.54) is 96.3 Å². The molecule has 0 saturated carbocycles. The first-order valence-electron chi connectivity index (χ1n) is 10.2. The van der Waals surface area contributed by atoms with Gasteiger partial charge in [0.05, 0.1) is 0 Å². The van der Waals surface area contributed by atoms with Gasteiger partial charge in [-0.3, -0.25) is 0 Å². The number of rotatable bonds is 16. The molecule has 0 aromatic carbocycles. The number of hydrogen-bond donors (Lipinski definition) is 0. The number of unbranched alkanes of at least 4 members (excludes halogenated alkanes) is 13. The van der Waals surface area contributed by atoms with E-state index in [4.69, 9.17) is 0 Å². The van der Waals surface area contributed by atoms with E-state index in [9.17, 15) is 0 Å². The molecule has 0 bridgehead atoms. The van der Waals surface area contributed by atoms with Crippen LogP contribution in [-0.4, -0.2) is 4.32 Å². The maximum atomic E-state index is 3.79. The van der Waals surface area contributed by atoms with Crippen molar-refractivity contribution in [1.29, 1.82) is 0 Å². The molecule has 0 N–H and O–H groups in total. The van der Waals surface area contributed by atoms with Crippen molar-refractivity contribution in [2.45, 2.75) is 128 Å². The van der Waals surface area contributed by atoms with Crippen LogP contribution in [0.4, 0.5) is 0 Å². The molecule has 0 heterocycles. The zero-order chi connectivity index (χ0) is 16.7. The molecule has 0 saturated heterocycles. The van der Waals surface area contributed by atoms with Gasteiger partial charge in [0.1, 0.15) is 0 Å². The van der Waals surface area contributed by atoms with Gasteiger partial charge >= 0.3 is 0 Å². The summed E-state index contributed by atoms with van der Waals surface area (Å²) >= 11 is 3.79. The molecule has 0 amide bonds. The molecule has 0 fully saturated rings. The summed E-state index contributed by atoms with van der Waals surface area (Å²) in [4.78, 5) is 0. The second-order valence-corrected chi connectivity index (χ2v) is 9.89. The van der Waals surface area contributed by atoms with E-state index < -0.39 is 0 Å². The quantitative estimate of drug-likeness (QED) is 0.187. The fraction of sp³-hybridized carbons (Fsp3) is 1.00. The highest BCUT2D eigenvalue weighted by Crippen LogP contribution is 2.30. The Bertz CT molecular complexity index is 216. The summed E-state index contributed by atoms with van der Waals surface area (Å²) < 4.78 is 0.309. The van der Waals surface area contributed by atoms with Crippen LogP contribution in [0.25, 0.3) is 0 Å². The van der Waals surface area contributed by atoms with Crippen LogP contribution >= 0.6 is 15.9 Å². The van der Waals surface area contributed by atoms with Crippen molar-refractivity contribution in [1.82, 2.24) is 0 Å². The second-order valence-electron chi connectivity index (χ2n) is 7.85. The van der Waals surface area contributed by atoms with E-state index in [0.29, 0.717) is 4.32 Å². The van der Waals surface area contributed by atoms with E-state index in [2.05, 4.69) is 43.6 Å². The molecule has 1 atom stereocenters. The Hall–Kier alpha value is 0.480. The van der Waals surface area contributed by atoms with Gasteiger partial charge < -0.3 is 0 Å². The minimum Gasteiger partial charge on any atom is -0.0856 e. The maximum absolute atomic E-state index is 3.79. The SMILES string of the molecule is CCCCCCCCCCCCCCCCC(C)C(C)(C)Br. The lowest BCUT2D eigenvalue weighted by atomic mass is 9.92. The van der Waals surface area contributed by atoms with Crippen molar-refractivity contribution >= 4 is 15.9 Å². The first-order chi connectivity index (χ1) is 10.5. The fourth-order valence-electron chi connectivity index (χ4n) is 2.99. The van der Waals surface area contributed by atoms with E-state index in [0.717, 1.165) is 5.92 Å². The minimum absolute atomic E-state index is 0.309. The molecule has 22 heavy (non-hydrogen) atoms. The van der Waals surface area contributed by atoms with Gasteiger partial charge in [-0.05, 0) is 26.2 Å². The average Bonchev–Trinajstić information content (AvgIpc) is 2.46. The van der Waals surface area contributed by atoms with Crippen molar-refractivity contribution in [3.05, 3.63) is 0 Å². The summed E-state index contributed by atoms with van der Waals surface area (Å²) in [5.74, 6) is 0.782. The molecular formula is C21H43Br. The lowest BCUT2D eigenvalue weighted by Gasteiger charge is -2.25. The Morgan fingerprint density at radius 2 is 0.955 bits per heavy atom. The van der Waals surface area contributed by atoms with Gasteiger partial charge in [0.2, 0.25) is 0 Å². The molecule has 0 spiro atoms. The monoisotopic (exact) mass is 374 g/mol. The van der Waals surface area contributed by atoms with Crippen LogP contribution in [0.3, 0.4) is 0 Å². The Labute approximate surface area is 150 Å². The molecule has 134 valence electrons. The lowest BCUT2D eigenvalue weighted by Crippen LogP contribution is -2.20. The largest absolute Gasteiger partial charge is 0.0856 e. The lowest BCUT2D eigenvalue weighted by molar-refractivity contribution is 0.413. The highest BCUT2D eigenvalue weighted by Gasteiger charge is 2.20. The zero-order valence-corrected chi connectivity index (χ0v) is 17.6. The first kappa shape index (κ1) is 22.5. The Balaban J connectivity index is 3.12. The first-order valence-corrected chi connectivity index (χ1v) is 11.0. The Kier molecular flexibility index (Phi) is 15.4. The fourth-order valence-corrected chi connectivity index (χ4v) is 3.22. The van der Waals surface area contributed by atoms with Gasteiger partial charge in [0.25, 0.3) is 0 Å². The number of hydrogen-bond acceptors (Lipinski definition) is 0. The average molecular weight is 375 g/mol.